The van der Waals surface area contributed by atoms with E-state index in [1.165, 1.54) is 11.3 Å². The first-order chi connectivity index (χ1) is 11.7. The van der Waals surface area contributed by atoms with Crippen LogP contribution in [0.2, 0.25) is 0 Å². The lowest BCUT2D eigenvalue weighted by atomic mass is 9.98. The minimum absolute atomic E-state index is 0.0986. The second-order valence-corrected chi connectivity index (χ2v) is 6.89. The number of esters is 1. The molecule has 1 fully saturated rings. The molecule has 1 saturated heterocycles. The molecule has 1 unspecified atom stereocenters. The van der Waals surface area contributed by atoms with Gasteiger partial charge in [0.2, 0.25) is 5.91 Å². The van der Waals surface area contributed by atoms with Crippen LogP contribution in [-0.4, -0.2) is 48.0 Å². The van der Waals surface area contributed by atoms with Crippen molar-refractivity contribution in [3.05, 3.63) is 24.3 Å². The largest absolute Gasteiger partial charge is 0.466 e. The Morgan fingerprint density at radius 3 is 3.04 bits per heavy atom. The van der Waals surface area contributed by atoms with Crippen LogP contribution < -0.4 is 5.32 Å². The maximum absolute atomic E-state index is 12.3. The Bertz CT molecular complexity index is 698. The lowest BCUT2D eigenvalue weighted by molar-refractivity contribution is -0.150. The highest BCUT2D eigenvalue weighted by atomic mass is 32.1. The van der Waals surface area contributed by atoms with E-state index in [1.807, 2.05) is 36.1 Å². The molecule has 1 atom stereocenters. The van der Waals surface area contributed by atoms with Crippen LogP contribution in [0.25, 0.3) is 10.2 Å². The number of thiazole rings is 1. The molecule has 0 aliphatic carbocycles. The number of aromatic nitrogens is 1. The molecule has 24 heavy (non-hydrogen) atoms. The maximum Gasteiger partial charge on any atom is 0.310 e. The molecular weight excluding hydrogens is 326 g/mol. The number of anilines is 1. The average Bonchev–Trinajstić information content (AvgIpc) is 2.97. The first-order valence-corrected chi connectivity index (χ1v) is 9.01. The van der Waals surface area contributed by atoms with Crippen molar-refractivity contribution in [3.8, 4) is 0 Å². The van der Waals surface area contributed by atoms with Gasteiger partial charge in [-0.25, -0.2) is 4.98 Å². The number of rotatable bonds is 5. The highest BCUT2D eigenvalue weighted by Crippen LogP contribution is 2.25. The zero-order chi connectivity index (χ0) is 16.9. The van der Waals surface area contributed by atoms with Gasteiger partial charge in [0.05, 0.1) is 29.3 Å². The molecule has 128 valence electrons. The third-order valence-corrected chi connectivity index (χ3v) is 4.98. The number of carbonyl (C=O) groups is 2. The van der Waals surface area contributed by atoms with E-state index in [1.54, 1.807) is 0 Å². The summed E-state index contributed by atoms with van der Waals surface area (Å²) in [5.41, 5.74) is 0.887. The SMILES string of the molecule is CCOC(=O)C1CCCN(CC(=O)Nc2nc3ccccc3s2)C1. The fraction of sp³-hybridized carbons (Fsp3) is 0.471. The van der Waals surface area contributed by atoms with Crippen molar-refractivity contribution in [2.75, 3.05) is 31.6 Å². The lowest BCUT2D eigenvalue weighted by Crippen LogP contribution is -2.43. The molecule has 0 radical (unpaired) electrons. The minimum atomic E-state index is -0.159. The molecule has 0 bridgehead atoms. The Hall–Kier alpha value is -1.99. The molecular formula is C17H21N3O3S. The second-order valence-electron chi connectivity index (χ2n) is 5.86. The summed E-state index contributed by atoms with van der Waals surface area (Å²) in [6, 6.07) is 7.79. The minimum Gasteiger partial charge on any atom is -0.466 e. The van der Waals surface area contributed by atoms with Crippen molar-refractivity contribution in [2.24, 2.45) is 5.92 Å². The number of hydrogen-bond donors (Lipinski definition) is 1. The highest BCUT2D eigenvalue weighted by molar-refractivity contribution is 7.22. The number of ether oxygens (including phenoxy) is 1. The number of benzene rings is 1. The third kappa shape index (κ3) is 4.10. The van der Waals surface area contributed by atoms with Gasteiger partial charge < -0.3 is 10.1 Å². The highest BCUT2D eigenvalue weighted by Gasteiger charge is 2.27. The summed E-state index contributed by atoms with van der Waals surface area (Å²) in [4.78, 5) is 30.5. The van der Waals surface area contributed by atoms with Gasteiger partial charge in [-0.3, -0.25) is 14.5 Å². The van der Waals surface area contributed by atoms with Gasteiger partial charge in [-0.15, -0.1) is 0 Å². The monoisotopic (exact) mass is 347 g/mol. The van der Waals surface area contributed by atoms with Gasteiger partial charge in [0.15, 0.2) is 5.13 Å². The first-order valence-electron chi connectivity index (χ1n) is 8.20. The number of para-hydroxylation sites is 1. The Kier molecular flexibility index (Phi) is 5.42. The summed E-state index contributed by atoms with van der Waals surface area (Å²) in [5.74, 6) is -0.388. The van der Waals surface area contributed by atoms with Crippen LogP contribution in [0.15, 0.2) is 24.3 Å². The molecule has 1 aliphatic rings. The molecule has 1 aromatic carbocycles. The van der Waals surface area contributed by atoms with Crippen LogP contribution in [0.5, 0.6) is 0 Å². The molecule has 1 aliphatic heterocycles. The van der Waals surface area contributed by atoms with Crippen LogP contribution in [-0.2, 0) is 14.3 Å². The van der Waals surface area contributed by atoms with Crippen molar-refractivity contribution < 1.29 is 14.3 Å². The van der Waals surface area contributed by atoms with Crippen molar-refractivity contribution >= 4 is 38.6 Å². The number of carbonyl (C=O) groups excluding carboxylic acids is 2. The summed E-state index contributed by atoms with van der Waals surface area (Å²) < 4.78 is 6.14. The molecule has 3 rings (SSSR count). The fourth-order valence-corrected chi connectivity index (χ4v) is 3.82. The normalized spacial score (nSPS) is 18.5. The van der Waals surface area contributed by atoms with Crippen molar-refractivity contribution in [3.63, 3.8) is 0 Å². The number of hydrogen-bond acceptors (Lipinski definition) is 6. The van der Waals surface area contributed by atoms with Crippen LogP contribution in [0, 0.1) is 5.92 Å². The zero-order valence-corrected chi connectivity index (χ0v) is 14.5. The van der Waals surface area contributed by atoms with Gasteiger partial charge >= 0.3 is 5.97 Å². The first kappa shape index (κ1) is 16.9. The summed E-state index contributed by atoms with van der Waals surface area (Å²) in [5, 5.41) is 3.47. The quantitative estimate of drug-likeness (QED) is 0.842. The second kappa shape index (κ2) is 7.72. The molecule has 1 aromatic heterocycles. The van der Waals surface area contributed by atoms with Crippen LogP contribution in [0.3, 0.4) is 0 Å². The van der Waals surface area contributed by atoms with Crippen molar-refractivity contribution in [2.45, 2.75) is 19.8 Å². The van der Waals surface area contributed by atoms with E-state index >= 15 is 0 Å². The average molecular weight is 347 g/mol. The number of fused-ring (bicyclic) bond motifs is 1. The summed E-state index contributed by atoms with van der Waals surface area (Å²) in [7, 11) is 0. The Morgan fingerprint density at radius 2 is 2.25 bits per heavy atom. The number of nitrogens with zero attached hydrogens (tertiary/aromatic N) is 2. The van der Waals surface area contributed by atoms with Gasteiger partial charge in [0, 0.05) is 6.54 Å². The molecule has 1 amide bonds. The van der Waals surface area contributed by atoms with Crippen LogP contribution in [0.1, 0.15) is 19.8 Å². The van der Waals surface area contributed by atoms with Crippen molar-refractivity contribution in [1.29, 1.82) is 0 Å². The number of amides is 1. The van der Waals surface area contributed by atoms with E-state index < -0.39 is 0 Å². The number of likely N-dealkylation sites (tertiary alicyclic amines) is 1. The predicted molar refractivity (Wildman–Crippen MR) is 94.0 cm³/mol. The van der Waals surface area contributed by atoms with Gasteiger partial charge in [-0.2, -0.15) is 0 Å². The smallest absolute Gasteiger partial charge is 0.310 e. The molecule has 1 N–H and O–H groups in total. The Balaban J connectivity index is 1.55. The summed E-state index contributed by atoms with van der Waals surface area (Å²) in [6.07, 6.45) is 1.73. The molecule has 6 nitrogen and oxygen atoms in total. The fourth-order valence-electron chi connectivity index (χ4n) is 2.94. The number of piperidine rings is 1. The molecule has 0 spiro atoms. The molecule has 2 aromatic rings. The Morgan fingerprint density at radius 1 is 1.42 bits per heavy atom. The van der Waals surface area contributed by atoms with Gasteiger partial charge in [-0.1, -0.05) is 23.5 Å². The van der Waals surface area contributed by atoms with E-state index in [9.17, 15) is 9.59 Å². The molecule has 0 saturated carbocycles. The van der Waals surface area contributed by atoms with E-state index in [0.717, 1.165) is 29.6 Å². The number of nitrogens with one attached hydrogen (secondary N) is 1. The van der Waals surface area contributed by atoms with E-state index in [4.69, 9.17) is 4.74 Å². The van der Waals surface area contributed by atoms with E-state index in [2.05, 4.69) is 10.3 Å². The van der Waals surface area contributed by atoms with Crippen LogP contribution in [0.4, 0.5) is 5.13 Å². The topological polar surface area (TPSA) is 71.5 Å². The lowest BCUT2D eigenvalue weighted by Gasteiger charge is -2.30. The molecule has 7 heteroatoms. The van der Waals surface area contributed by atoms with E-state index in [0.29, 0.717) is 18.3 Å². The van der Waals surface area contributed by atoms with Gasteiger partial charge in [-0.05, 0) is 38.4 Å². The summed E-state index contributed by atoms with van der Waals surface area (Å²) >= 11 is 1.46. The van der Waals surface area contributed by atoms with Crippen LogP contribution >= 0.6 is 11.3 Å². The predicted octanol–water partition coefficient (Wildman–Crippen LogP) is 2.51. The van der Waals surface area contributed by atoms with E-state index in [-0.39, 0.29) is 24.3 Å². The zero-order valence-electron chi connectivity index (χ0n) is 13.7. The third-order valence-electron chi connectivity index (χ3n) is 4.03. The summed E-state index contributed by atoms with van der Waals surface area (Å²) in [6.45, 7) is 3.87. The van der Waals surface area contributed by atoms with Gasteiger partial charge in [0.1, 0.15) is 0 Å². The van der Waals surface area contributed by atoms with Crippen molar-refractivity contribution in [1.82, 2.24) is 9.88 Å². The standard InChI is InChI=1S/C17H21N3O3S/c1-2-23-16(22)12-6-5-9-20(10-12)11-15(21)19-17-18-13-7-3-4-8-14(13)24-17/h3-4,7-8,12H,2,5-6,9-11H2,1H3,(H,18,19,21). The maximum atomic E-state index is 12.3. The van der Waals surface area contributed by atoms with Gasteiger partial charge in [0.25, 0.3) is 0 Å². The molecule has 2 heterocycles. The Labute approximate surface area is 144 Å².